The number of hydrogen-bond donors (Lipinski definition) is 0. The highest BCUT2D eigenvalue weighted by Gasteiger charge is 2.42. The van der Waals surface area contributed by atoms with Crippen molar-refractivity contribution in [3.63, 3.8) is 0 Å². The Morgan fingerprint density at radius 1 is 0.974 bits per heavy atom. The van der Waals surface area contributed by atoms with E-state index in [1.165, 1.54) is 33.3 Å². The second kappa shape index (κ2) is 11.6. The number of halogens is 1. The summed E-state index contributed by atoms with van der Waals surface area (Å²) >= 11 is 0. The van der Waals surface area contributed by atoms with Crippen LogP contribution in [0.15, 0.2) is 65.6 Å². The highest BCUT2D eigenvalue weighted by atomic mass is 32.2. The third-order valence-electron chi connectivity index (χ3n) is 6.70. The van der Waals surface area contributed by atoms with Gasteiger partial charge >= 0.3 is 5.56 Å². The minimum atomic E-state index is -3.76. The van der Waals surface area contributed by atoms with E-state index in [0.717, 1.165) is 0 Å². The number of benzene rings is 2. The Balaban J connectivity index is 1.56. The SMILES string of the molecule is CCOCCOc1c(N2CCN(S(=O)(=O)C(C)(C)c3ccc(F)cc3)CC2)cnn(-c2ccccc2)c1=O. The van der Waals surface area contributed by atoms with Gasteiger partial charge in [0.05, 0.1) is 18.5 Å². The van der Waals surface area contributed by atoms with Crippen LogP contribution in [0.5, 0.6) is 5.75 Å². The number of hydrogen-bond acceptors (Lipinski definition) is 7. The Bertz CT molecular complexity index is 1390. The molecule has 38 heavy (non-hydrogen) atoms. The fourth-order valence-corrected chi connectivity index (χ4v) is 6.11. The molecule has 3 aromatic rings. The molecule has 0 atom stereocenters. The van der Waals surface area contributed by atoms with E-state index in [2.05, 4.69) is 5.10 Å². The van der Waals surface area contributed by atoms with E-state index in [4.69, 9.17) is 9.47 Å². The molecule has 0 N–H and O–H groups in total. The molecule has 1 saturated heterocycles. The maximum atomic E-state index is 13.6. The van der Waals surface area contributed by atoms with E-state index in [9.17, 15) is 17.6 Å². The van der Waals surface area contributed by atoms with E-state index >= 15 is 0 Å². The number of rotatable bonds is 10. The van der Waals surface area contributed by atoms with E-state index in [1.807, 2.05) is 30.0 Å². The molecule has 0 spiro atoms. The fraction of sp³-hybridized carbons (Fsp3) is 0.407. The Morgan fingerprint density at radius 2 is 1.63 bits per heavy atom. The molecule has 0 radical (unpaired) electrons. The van der Waals surface area contributed by atoms with Gasteiger partial charge in [-0.1, -0.05) is 30.3 Å². The van der Waals surface area contributed by atoms with Crippen molar-refractivity contribution >= 4 is 15.7 Å². The maximum Gasteiger partial charge on any atom is 0.316 e. The van der Waals surface area contributed by atoms with Gasteiger partial charge in [0.25, 0.3) is 0 Å². The first-order valence-corrected chi connectivity index (χ1v) is 14.0. The topological polar surface area (TPSA) is 94.0 Å². The van der Waals surface area contributed by atoms with Crippen molar-refractivity contribution in [2.75, 3.05) is 50.9 Å². The first-order chi connectivity index (χ1) is 18.2. The van der Waals surface area contributed by atoms with Crippen molar-refractivity contribution in [1.82, 2.24) is 14.1 Å². The quantitative estimate of drug-likeness (QED) is 0.362. The van der Waals surface area contributed by atoms with Gasteiger partial charge in [0, 0.05) is 32.8 Å². The zero-order valence-electron chi connectivity index (χ0n) is 21.8. The predicted molar refractivity (Wildman–Crippen MR) is 144 cm³/mol. The Labute approximate surface area is 222 Å². The molecule has 2 aromatic carbocycles. The molecule has 204 valence electrons. The molecule has 0 bridgehead atoms. The lowest BCUT2D eigenvalue weighted by Crippen LogP contribution is -2.53. The Morgan fingerprint density at radius 3 is 2.26 bits per heavy atom. The Hall–Kier alpha value is -3.28. The van der Waals surface area contributed by atoms with Crippen LogP contribution in [0.4, 0.5) is 10.1 Å². The molecule has 2 heterocycles. The summed E-state index contributed by atoms with van der Waals surface area (Å²) in [5.74, 6) is -0.274. The van der Waals surface area contributed by atoms with E-state index in [-0.39, 0.29) is 25.4 Å². The van der Waals surface area contributed by atoms with Crippen molar-refractivity contribution in [2.45, 2.75) is 25.5 Å². The predicted octanol–water partition coefficient (Wildman–Crippen LogP) is 3.17. The molecule has 4 rings (SSSR count). The van der Waals surface area contributed by atoms with Crippen LogP contribution < -0.4 is 15.2 Å². The fourth-order valence-electron chi connectivity index (χ4n) is 4.38. The van der Waals surface area contributed by atoms with Crippen molar-refractivity contribution in [3.05, 3.63) is 82.5 Å². The summed E-state index contributed by atoms with van der Waals surface area (Å²) in [4.78, 5) is 15.3. The van der Waals surface area contributed by atoms with Gasteiger partial charge in [0.1, 0.15) is 22.9 Å². The molecule has 0 amide bonds. The average Bonchev–Trinajstić information content (AvgIpc) is 2.92. The van der Waals surface area contributed by atoms with Crippen LogP contribution in [0, 0.1) is 5.82 Å². The molecule has 9 nitrogen and oxygen atoms in total. The van der Waals surface area contributed by atoms with Crippen LogP contribution >= 0.6 is 0 Å². The lowest BCUT2D eigenvalue weighted by Gasteiger charge is -2.39. The van der Waals surface area contributed by atoms with Crippen LogP contribution in [-0.2, 0) is 19.5 Å². The van der Waals surface area contributed by atoms with Crippen LogP contribution in [0.1, 0.15) is 26.3 Å². The van der Waals surface area contributed by atoms with Crippen molar-refractivity contribution in [2.24, 2.45) is 0 Å². The van der Waals surface area contributed by atoms with Crippen molar-refractivity contribution in [3.8, 4) is 11.4 Å². The third kappa shape index (κ3) is 5.59. The summed E-state index contributed by atoms with van der Waals surface area (Å²) < 4.78 is 53.3. The summed E-state index contributed by atoms with van der Waals surface area (Å²) in [5, 5.41) is 4.37. The van der Waals surface area contributed by atoms with Crippen molar-refractivity contribution in [1.29, 1.82) is 0 Å². The van der Waals surface area contributed by atoms with Crippen molar-refractivity contribution < 1.29 is 22.3 Å². The number of nitrogens with zero attached hydrogens (tertiary/aromatic N) is 4. The minimum Gasteiger partial charge on any atom is -0.484 e. The van der Waals surface area contributed by atoms with Gasteiger partial charge in [0.15, 0.2) is 0 Å². The molecular weight excluding hydrogens is 511 g/mol. The number of para-hydroxylation sites is 1. The first kappa shape index (κ1) is 27.7. The summed E-state index contributed by atoms with van der Waals surface area (Å²) in [5.41, 5.74) is 1.23. The minimum absolute atomic E-state index is 0.145. The summed E-state index contributed by atoms with van der Waals surface area (Å²) in [6.45, 7) is 7.30. The molecule has 1 aliphatic heterocycles. The van der Waals surface area contributed by atoms with Gasteiger partial charge in [0.2, 0.25) is 15.8 Å². The number of anilines is 1. The number of sulfonamides is 1. The molecule has 1 fully saturated rings. The largest absolute Gasteiger partial charge is 0.484 e. The summed E-state index contributed by atoms with van der Waals surface area (Å²) in [7, 11) is -3.76. The molecule has 11 heteroatoms. The second-order valence-electron chi connectivity index (χ2n) is 9.37. The molecule has 1 aromatic heterocycles. The highest BCUT2D eigenvalue weighted by Crippen LogP contribution is 2.34. The van der Waals surface area contributed by atoms with Crippen LogP contribution in [-0.4, -0.2) is 68.5 Å². The normalized spacial score (nSPS) is 15.0. The number of ether oxygens (including phenoxy) is 2. The number of piperazine rings is 1. The lowest BCUT2D eigenvalue weighted by atomic mass is 10.0. The third-order valence-corrected chi connectivity index (χ3v) is 9.27. The molecule has 0 aliphatic carbocycles. The monoisotopic (exact) mass is 544 g/mol. The second-order valence-corrected chi connectivity index (χ2v) is 11.9. The lowest BCUT2D eigenvalue weighted by molar-refractivity contribution is 0.109. The van der Waals surface area contributed by atoms with Crippen LogP contribution in [0.25, 0.3) is 5.69 Å². The maximum absolute atomic E-state index is 13.6. The summed E-state index contributed by atoms with van der Waals surface area (Å²) in [6.07, 6.45) is 1.58. The molecule has 0 unspecified atom stereocenters. The van der Waals surface area contributed by atoms with Gasteiger partial charge in [-0.3, -0.25) is 4.79 Å². The van der Waals surface area contributed by atoms with E-state index in [1.54, 1.807) is 32.2 Å². The zero-order valence-corrected chi connectivity index (χ0v) is 22.7. The van der Waals surface area contributed by atoms with E-state index < -0.39 is 26.1 Å². The van der Waals surface area contributed by atoms with Gasteiger partial charge in [-0.2, -0.15) is 14.1 Å². The number of aromatic nitrogens is 2. The first-order valence-electron chi connectivity index (χ1n) is 12.6. The molecular formula is C27H33FN4O5S. The van der Waals surface area contributed by atoms with Gasteiger partial charge in [-0.05, 0) is 50.6 Å². The van der Waals surface area contributed by atoms with Crippen LogP contribution in [0.3, 0.4) is 0 Å². The standard InChI is InChI=1S/C27H33FN4O5S/c1-4-36-18-19-37-25-24(20-29-32(26(25)33)23-8-6-5-7-9-23)30-14-16-31(17-15-30)38(34,35)27(2,3)21-10-12-22(28)13-11-21/h5-13,20H,4,14-19H2,1-3H3. The molecule has 1 aliphatic rings. The van der Waals surface area contributed by atoms with Crippen LogP contribution in [0.2, 0.25) is 0 Å². The highest BCUT2D eigenvalue weighted by molar-refractivity contribution is 7.90. The zero-order chi connectivity index (χ0) is 27.3. The van der Waals surface area contributed by atoms with Gasteiger partial charge < -0.3 is 14.4 Å². The van der Waals surface area contributed by atoms with Gasteiger partial charge in [-0.15, -0.1) is 0 Å². The summed E-state index contributed by atoms with van der Waals surface area (Å²) in [6, 6.07) is 14.6. The Kier molecular flexibility index (Phi) is 8.49. The molecule has 0 saturated carbocycles. The van der Waals surface area contributed by atoms with Gasteiger partial charge in [-0.25, -0.2) is 12.8 Å². The van der Waals surface area contributed by atoms with E-state index in [0.29, 0.717) is 43.2 Å². The smallest absolute Gasteiger partial charge is 0.316 e. The average molecular weight is 545 g/mol.